The molecule has 0 amide bonds. The van der Waals surface area contributed by atoms with Crippen LogP contribution in [0.1, 0.15) is 47.1 Å². The smallest absolute Gasteiger partial charge is 0.271 e. The zero-order chi connectivity index (χ0) is 17.0. The van der Waals surface area contributed by atoms with E-state index in [2.05, 4.69) is 44.6 Å². The van der Waals surface area contributed by atoms with Crippen LogP contribution in [-0.2, 0) is 0 Å². The molecule has 4 nitrogen and oxygen atoms in total. The van der Waals surface area contributed by atoms with Crippen LogP contribution in [0.4, 0.5) is 0 Å². The van der Waals surface area contributed by atoms with Crippen LogP contribution in [0.2, 0.25) is 0 Å². The largest absolute Gasteiger partial charge is 0.298 e. The van der Waals surface area contributed by atoms with Gasteiger partial charge in [-0.3, -0.25) is 19.5 Å². The Balaban J connectivity index is 0.00000288. The molecule has 6 heteroatoms. The molecule has 1 heterocycles. The van der Waals surface area contributed by atoms with Crippen molar-refractivity contribution in [3.63, 3.8) is 0 Å². The Morgan fingerprint density at radius 2 is 1.56 bits per heavy atom. The highest BCUT2D eigenvalue weighted by Gasteiger charge is 2.16. The second kappa shape index (κ2) is 10.7. The molecule has 1 aromatic heterocycles. The van der Waals surface area contributed by atoms with Crippen LogP contribution in [0.5, 0.6) is 0 Å². The lowest BCUT2D eigenvalue weighted by Gasteiger charge is -2.31. The van der Waals surface area contributed by atoms with Crippen LogP contribution >= 0.6 is 24.8 Å². The fourth-order valence-corrected chi connectivity index (χ4v) is 3.06. The van der Waals surface area contributed by atoms with Crippen molar-refractivity contribution in [3.8, 4) is 11.1 Å². The van der Waals surface area contributed by atoms with E-state index in [9.17, 15) is 4.79 Å². The van der Waals surface area contributed by atoms with Crippen LogP contribution in [0.3, 0.4) is 0 Å². The quantitative estimate of drug-likeness (QED) is 0.743. The van der Waals surface area contributed by atoms with E-state index in [1.165, 1.54) is 0 Å². The molecule has 0 radical (unpaired) electrons. The molecule has 0 spiro atoms. The second-order valence-electron chi connectivity index (χ2n) is 6.82. The van der Waals surface area contributed by atoms with E-state index in [0.717, 1.165) is 24.1 Å². The maximum Gasteiger partial charge on any atom is 0.271 e. The lowest BCUT2D eigenvalue weighted by Crippen LogP contribution is -2.38. The van der Waals surface area contributed by atoms with Crippen LogP contribution in [-0.4, -0.2) is 33.3 Å². The molecule has 0 aliphatic carbocycles. The number of aromatic amines is 1. The van der Waals surface area contributed by atoms with Crippen LogP contribution in [0, 0.1) is 0 Å². The lowest BCUT2D eigenvalue weighted by molar-refractivity contribution is 0.163. The van der Waals surface area contributed by atoms with E-state index < -0.39 is 0 Å². The third kappa shape index (κ3) is 6.21. The Morgan fingerprint density at radius 1 is 1.00 bits per heavy atom. The van der Waals surface area contributed by atoms with Crippen molar-refractivity contribution in [2.75, 3.05) is 6.54 Å². The zero-order valence-corrected chi connectivity index (χ0v) is 17.4. The molecule has 25 heavy (non-hydrogen) atoms. The molecule has 1 N–H and O–H groups in total. The number of nitrogens with one attached hydrogen (secondary N) is 1. The average Bonchev–Trinajstić information content (AvgIpc) is 2.89. The Hall–Kier alpha value is -1.23. The Labute approximate surface area is 163 Å². The van der Waals surface area contributed by atoms with Crippen molar-refractivity contribution in [1.29, 1.82) is 0 Å². The van der Waals surface area contributed by atoms with Crippen LogP contribution < -0.4 is 5.56 Å². The minimum absolute atomic E-state index is 0. The highest BCUT2D eigenvalue weighted by Crippen LogP contribution is 2.18. The first-order valence-electron chi connectivity index (χ1n) is 8.52. The summed E-state index contributed by atoms with van der Waals surface area (Å²) in [5.74, 6) is 0. The SMILES string of the molecule is CC(C)N(CCC(C)n1cc(-c2ccccc2)c(=O)[nH]1)C(C)C.Cl.Cl. The number of aromatic nitrogens is 2. The van der Waals surface area contributed by atoms with Gasteiger partial charge in [0.05, 0.1) is 5.56 Å². The maximum atomic E-state index is 12.2. The number of hydrogen-bond acceptors (Lipinski definition) is 2. The second-order valence-corrected chi connectivity index (χ2v) is 6.82. The summed E-state index contributed by atoms with van der Waals surface area (Å²) in [6.07, 6.45) is 2.95. The van der Waals surface area contributed by atoms with Crippen LogP contribution in [0.25, 0.3) is 11.1 Å². The van der Waals surface area contributed by atoms with Gasteiger partial charge in [-0.2, -0.15) is 0 Å². The number of benzene rings is 1. The van der Waals surface area contributed by atoms with Gasteiger partial charge >= 0.3 is 0 Å². The van der Waals surface area contributed by atoms with Crippen molar-refractivity contribution in [3.05, 3.63) is 46.9 Å². The number of rotatable bonds is 7. The summed E-state index contributed by atoms with van der Waals surface area (Å²) in [5, 5.41) is 2.97. The van der Waals surface area contributed by atoms with Gasteiger partial charge in [-0.05, 0) is 46.6 Å². The summed E-state index contributed by atoms with van der Waals surface area (Å²) in [6, 6.07) is 11.1. The van der Waals surface area contributed by atoms with E-state index in [0.29, 0.717) is 12.1 Å². The summed E-state index contributed by atoms with van der Waals surface area (Å²) in [6.45, 7) is 12.1. The molecule has 2 aromatic rings. The predicted octanol–water partition coefficient (Wildman–Crippen LogP) is 4.76. The summed E-state index contributed by atoms with van der Waals surface area (Å²) in [5.41, 5.74) is 1.68. The molecule has 0 fully saturated rings. The Bertz CT molecular complexity index is 657. The molecule has 1 unspecified atom stereocenters. The van der Waals surface area contributed by atoms with Crippen molar-refractivity contribution < 1.29 is 0 Å². The van der Waals surface area contributed by atoms with E-state index in [4.69, 9.17) is 0 Å². The highest BCUT2D eigenvalue weighted by atomic mass is 35.5. The molecule has 0 bridgehead atoms. The molecule has 142 valence electrons. The molecule has 0 saturated heterocycles. The third-order valence-electron chi connectivity index (χ3n) is 4.43. The van der Waals surface area contributed by atoms with E-state index >= 15 is 0 Å². The van der Waals surface area contributed by atoms with Crippen molar-refractivity contribution in [2.45, 2.75) is 59.2 Å². The number of nitrogens with zero attached hydrogens (tertiary/aromatic N) is 2. The third-order valence-corrected chi connectivity index (χ3v) is 4.43. The van der Waals surface area contributed by atoms with Gasteiger partial charge in [-0.15, -0.1) is 24.8 Å². The van der Waals surface area contributed by atoms with Crippen molar-refractivity contribution in [2.24, 2.45) is 0 Å². The van der Waals surface area contributed by atoms with Crippen molar-refractivity contribution in [1.82, 2.24) is 14.7 Å². The summed E-state index contributed by atoms with van der Waals surface area (Å²) < 4.78 is 1.95. The molecule has 0 saturated carbocycles. The molecule has 2 rings (SSSR count). The molecular weight excluding hydrogens is 357 g/mol. The first kappa shape index (κ1) is 23.8. The monoisotopic (exact) mass is 387 g/mol. The average molecular weight is 388 g/mol. The van der Waals surface area contributed by atoms with Crippen LogP contribution in [0.15, 0.2) is 41.3 Å². The molecule has 1 aromatic carbocycles. The Morgan fingerprint density at radius 3 is 2.08 bits per heavy atom. The summed E-state index contributed by atoms with van der Waals surface area (Å²) in [4.78, 5) is 14.7. The number of H-pyrrole nitrogens is 1. The minimum Gasteiger partial charge on any atom is -0.298 e. The standard InChI is InChI=1S/C19H29N3O.2ClH/c1-14(2)21(15(3)4)12-11-16(5)22-13-18(19(23)20-22)17-9-7-6-8-10-17;;/h6-10,13-16H,11-12H2,1-5H3,(H,20,23);2*1H. The topological polar surface area (TPSA) is 41.0 Å². The maximum absolute atomic E-state index is 12.2. The van der Waals surface area contributed by atoms with Gasteiger partial charge in [-0.1, -0.05) is 30.3 Å². The molecule has 1 atom stereocenters. The molecule has 0 aliphatic rings. The molecular formula is C19H31Cl2N3O. The lowest BCUT2D eigenvalue weighted by atomic mass is 10.1. The highest BCUT2D eigenvalue weighted by molar-refractivity contribution is 5.85. The van der Waals surface area contributed by atoms with Gasteiger partial charge in [0, 0.05) is 30.9 Å². The van der Waals surface area contributed by atoms with Gasteiger partial charge in [0.25, 0.3) is 5.56 Å². The van der Waals surface area contributed by atoms with E-state index in [-0.39, 0.29) is 36.4 Å². The first-order chi connectivity index (χ1) is 10.9. The fourth-order valence-electron chi connectivity index (χ4n) is 3.06. The number of hydrogen-bond donors (Lipinski definition) is 1. The minimum atomic E-state index is -0.0207. The van der Waals surface area contributed by atoms with E-state index in [1.54, 1.807) is 0 Å². The van der Waals surface area contributed by atoms with Gasteiger partial charge in [-0.25, -0.2) is 0 Å². The number of halogens is 2. The van der Waals surface area contributed by atoms with E-state index in [1.807, 2.05) is 41.2 Å². The summed E-state index contributed by atoms with van der Waals surface area (Å²) in [7, 11) is 0. The summed E-state index contributed by atoms with van der Waals surface area (Å²) >= 11 is 0. The normalized spacial score (nSPS) is 12.2. The first-order valence-corrected chi connectivity index (χ1v) is 8.52. The fraction of sp³-hybridized carbons (Fsp3) is 0.526. The van der Waals surface area contributed by atoms with Gasteiger partial charge in [0.1, 0.15) is 0 Å². The Kier molecular flexibility index (Phi) is 10.2. The predicted molar refractivity (Wildman–Crippen MR) is 111 cm³/mol. The molecule has 0 aliphatic heterocycles. The van der Waals surface area contributed by atoms with Gasteiger partial charge < -0.3 is 0 Å². The zero-order valence-electron chi connectivity index (χ0n) is 15.7. The van der Waals surface area contributed by atoms with Gasteiger partial charge in [0.2, 0.25) is 0 Å². The van der Waals surface area contributed by atoms with Crippen molar-refractivity contribution >= 4 is 24.8 Å². The van der Waals surface area contributed by atoms with Gasteiger partial charge in [0.15, 0.2) is 0 Å².